The summed E-state index contributed by atoms with van der Waals surface area (Å²) in [5.74, 6) is 5.70. The zero-order valence-corrected chi connectivity index (χ0v) is 14.7. The minimum absolute atomic E-state index is 0.00930. The Labute approximate surface area is 148 Å². The lowest BCUT2D eigenvalue weighted by Crippen LogP contribution is -2.46. The van der Waals surface area contributed by atoms with E-state index >= 15 is 0 Å². The number of amides is 2. The molecule has 4 nitrogen and oxygen atoms in total. The van der Waals surface area contributed by atoms with E-state index < -0.39 is 6.04 Å². The number of hydrogen-bond acceptors (Lipinski definition) is 2. The van der Waals surface area contributed by atoms with Crippen molar-refractivity contribution in [3.8, 4) is 11.8 Å². The molecule has 25 heavy (non-hydrogen) atoms. The molecule has 0 saturated carbocycles. The van der Waals surface area contributed by atoms with Crippen molar-refractivity contribution in [2.24, 2.45) is 5.92 Å². The van der Waals surface area contributed by atoms with Crippen molar-refractivity contribution in [3.05, 3.63) is 65.7 Å². The highest BCUT2D eigenvalue weighted by atomic mass is 16.2. The Morgan fingerprint density at radius 2 is 1.56 bits per heavy atom. The monoisotopic (exact) mass is 334 g/mol. The van der Waals surface area contributed by atoms with Gasteiger partial charge in [0.15, 0.2) is 0 Å². The van der Waals surface area contributed by atoms with Gasteiger partial charge >= 0.3 is 0 Å². The molecule has 0 aliphatic rings. The van der Waals surface area contributed by atoms with Crippen molar-refractivity contribution < 1.29 is 9.59 Å². The van der Waals surface area contributed by atoms with Gasteiger partial charge in [0.2, 0.25) is 11.8 Å². The maximum Gasteiger partial charge on any atom is 0.247 e. The molecule has 0 saturated heterocycles. The molecule has 1 atom stereocenters. The summed E-state index contributed by atoms with van der Waals surface area (Å²) in [4.78, 5) is 23.7. The number of anilines is 1. The Hall–Kier alpha value is -3.06. The van der Waals surface area contributed by atoms with Crippen LogP contribution in [0, 0.1) is 17.8 Å². The van der Waals surface area contributed by atoms with Crippen molar-refractivity contribution in [2.75, 3.05) is 5.32 Å². The van der Waals surface area contributed by atoms with Gasteiger partial charge in [-0.2, -0.15) is 0 Å². The van der Waals surface area contributed by atoms with E-state index in [9.17, 15) is 9.59 Å². The fourth-order valence-corrected chi connectivity index (χ4v) is 2.31. The van der Waals surface area contributed by atoms with Gasteiger partial charge in [0.05, 0.1) is 0 Å². The molecule has 2 aromatic rings. The molecule has 0 radical (unpaired) electrons. The first-order valence-corrected chi connectivity index (χ1v) is 8.21. The van der Waals surface area contributed by atoms with Crippen LogP contribution >= 0.6 is 0 Å². The second kappa shape index (κ2) is 8.70. The Kier molecular flexibility index (Phi) is 6.36. The standard InChI is InChI=1S/C21H22N2O2/c1-15(2)20(22-16(3)24)21(25)23-19-11-7-10-18(14-19)13-12-17-8-5-4-6-9-17/h4-11,14-15,20H,1-3H3,(H,22,24)(H,23,25). The molecular weight excluding hydrogens is 312 g/mol. The summed E-state index contributed by atoms with van der Waals surface area (Å²) in [5, 5.41) is 5.53. The highest BCUT2D eigenvalue weighted by Gasteiger charge is 2.22. The fourth-order valence-electron chi connectivity index (χ4n) is 2.31. The third-order valence-electron chi connectivity index (χ3n) is 3.56. The van der Waals surface area contributed by atoms with E-state index in [1.807, 2.05) is 62.4 Å². The number of carbonyl (C=O) groups excluding carboxylic acids is 2. The Morgan fingerprint density at radius 1 is 0.920 bits per heavy atom. The minimum atomic E-state index is -0.573. The SMILES string of the molecule is CC(=O)NC(C(=O)Nc1cccc(C#Cc2ccccc2)c1)C(C)C. The third kappa shape index (κ3) is 5.82. The number of nitrogens with one attached hydrogen (secondary N) is 2. The third-order valence-corrected chi connectivity index (χ3v) is 3.56. The average molecular weight is 334 g/mol. The Morgan fingerprint density at radius 3 is 2.20 bits per heavy atom. The second-order valence-corrected chi connectivity index (χ2v) is 6.11. The number of hydrogen-bond donors (Lipinski definition) is 2. The molecular formula is C21H22N2O2. The number of rotatable bonds is 4. The van der Waals surface area contributed by atoms with E-state index in [1.165, 1.54) is 6.92 Å². The number of carbonyl (C=O) groups is 2. The van der Waals surface area contributed by atoms with Gasteiger partial charge in [0.25, 0.3) is 0 Å². The molecule has 2 aromatic carbocycles. The van der Waals surface area contributed by atoms with Gasteiger partial charge in [0.1, 0.15) is 6.04 Å². The van der Waals surface area contributed by atoms with Crippen molar-refractivity contribution in [1.29, 1.82) is 0 Å². The van der Waals surface area contributed by atoms with E-state index in [0.29, 0.717) is 5.69 Å². The minimum Gasteiger partial charge on any atom is -0.344 e. The molecule has 1 unspecified atom stereocenters. The predicted octanol–water partition coefficient (Wildman–Crippen LogP) is 3.19. The van der Waals surface area contributed by atoms with Gasteiger partial charge < -0.3 is 10.6 Å². The van der Waals surface area contributed by atoms with E-state index in [1.54, 1.807) is 6.07 Å². The molecule has 0 spiro atoms. The molecule has 128 valence electrons. The molecule has 4 heteroatoms. The topological polar surface area (TPSA) is 58.2 Å². The summed E-state index contributed by atoms with van der Waals surface area (Å²) in [6.45, 7) is 5.19. The van der Waals surface area contributed by atoms with Crippen molar-refractivity contribution in [3.63, 3.8) is 0 Å². The zero-order valence-electron chi connectivity index (χ0n) is 14.7. The highest BCUT2D eigenvalue weighted by molar-refractivity contribution is 5.97. The summed E-state index contributed by atoms with van der Waals surface area (Å²) in [6.07, 6.45) is 0. The first-order valence-electron chi connectivity index (χ1n) is 8.21. The van der Waals surface area contributed by atoms with Crippen molar-refractivity contribution in [2.45, 2.75) is 26.8 Å². The average Bonchev–Trinajstić information content (AvgIpc) is 2.58. The van der Waals surface area contributed by atoms with Gasteiger partial charge in [0, 0.05) is 23.7 Å². The second-order valence-electron chi connectivity index (χ2n) is 6.11. The first-order chi connectivity index (χ1) is 12.0. The van der Waals surface area contributed by atoms with Crippen LogP contribution in [-0.2, 0) is 9.59 Å². The summed E-state index contributed by atoms with van der Waals surface area (Å²) in [5.41, 5.74) is 2.39. The predicted molar refractivity (Wildman–Crippen MR) is 99.9 cm³/mol. The van der Waals surface area contributed by atoms with Crippen LogP contribution in [0.1, 0.15) is 31.9 Å². The maximum absolute atomic E-state index is 12.4. The van der Waals surface area contributed by atoms with Gasteiger partial charge in [-0.1, -0.05) is 50.0 Å². The van der Waals surface area contributed by atoms with E-state index in [0.717, 1.165) is 11.1 Å². The normalized spacial score (nSPS) is 11.2. The Bertz CT molecular complexity index is 801. The lowest BCUT2D eigenvalue weighted by molar-refractivity contribution is -0.126. The summed E-state index contributed by atoms with van der Waals surface area (Å²) >= 11 is 0. The van der Waals surface area contributed by atoms with Gasteiger partial charge in [-0.05, 0) is 36.2 Å². The smallest absolute Gasteiger partial charge is 0.247 e. The molecule has 0 aliphatic carbocycles. The molecule has 0 fully saturated rings. The van der Waals surface area contributed by atoms with Crippen LogP contribution in [0.25, 0.3) is 0 Å². The Balaban J connectivity index is 2.12. The van der Waals surface area contributed by atoms with Crippen LogP contribution in [0.15, 0.2) is 54.6 Å². The quantitative estimate of drug-likeness (QED) is 0.844. The molecule has 0 aromatic heterocycles. The van der Waals surface area contributed by atoms with Crippen LogP contribution in [0.5, 0.6) is 0 Å². The fraction of sp³-hybridized carbons (Fsp3) is 0.238. The largest absolute Gasteiger partial charge is 0.344 e. The van der Waals surface area contributed by atoms with Gasteiger partial charge in [-0.15, -0.1) is 0 Å². The van der Waals surface area contributed by atoms with Crippen molar-refractivity contribution >= 4 is 17.5 Å². The van der Waals surface area contributed by atoms with E-state index in [2.05, 4.69) is 22.5 Å². The lowest BCUT2D eigenvalue weighted by atomic mass is 10.0. The van der Waals surface area contributed by atoms with E-state index in [-0.39, 0.29) is 17.7 Å². The van der Waals surface area contributed by atoms with Crippen LogP contribution in [-0.4, -0.2) is 17.9 Å². The highest BCUT2D eigenvalue weighted by Crippen LogP contribution is 2.12. The molecule has 0 heterocycles. The van der Waals surface area contributed by atoms with Crippen LogP contribution < -0.4 is 10.6 Å². The summed E-state index contributed by atoms with van der Waals surface area (Å²) in [7, 11) is 0. The molecule has 2 rings (SSSR count). The van der Waals surface area contributed by atoms with Crippen molar-refractivity contribution in [1.82, 2.24) is 5.32 Å². The molecule has 2 N–H and O–H groups in total. The zero-order chi connectivity index (χ0) is 18.2. The lowest BCUT2D eigenvalue weighted by Gasteiger charge is -2.21. The molecule has 0 aliphatic heterocycles. The van der Waals surface area contributed by atoms with E-state index in [4.69, 9.17) is 0 Å². The van der Waals surface area contributed by atoms with Crippen LogP contribution in [0.3, 0.4) is 0 Å². The van der Waals surface area contributed by atoms with Crippen LogP contribution in [0.4, 0.5) is 5.69 Å². The molecule has 2 amide bonds. The number of benzene rings is 2. The first kappa shape index (κ1) is 18.3. The van der Waals surface area contributed by atoms with Gasteiger partial charge in [-0.25, -0.2) is 0 Å². The van der Waals surface area contributed by atoms with Gasteiger partial charge in [-0.3, -0.25) is 9.59 Å². The maximum atomic E-state index is 12.4. The summed E-state index contributed by atoms with van der Waals surface area (Å²) in [6, 6.07) is 16.5. The summed E-state index contributed by atoms with van der Waals surface area (Å²) < 4.78 is 0. The molecule has 0 bridgehead atoms. The van der Waals surface area contributed by atoms with Crippen LogP contribution in [0.2, 0.25) is 0 Å².